The SMILES string of the molecule is C/C(=N/NC(=O)CSc1cc(Cl)ccc1Cl)c1cccnc1. The molecule has 1 heterocycles. The Labute approximate surface area is 142 Å². The highest BCUT2D eigenvalue weighted by Gasteiger charge is 2.06. The second-order valence-electron chi connectivity index (χ2n) is 4.34. The smallest absolute Gasteiger partial charge is 0.250 e. The summed E-state index contributed by atoms with van der Waals surface area (Å²) in [7, 11) is 0. The van der Waals surface area contributed by atoms with Gasteiger partial charge in [-0.05, 0) is 31.2 Å². The Kier molecular flexibility index (Phi) is 6.24. The van der Waals surface area contributed by atoms with Crippen LogP contribution in [-0.4, -0.2) is 22.4 Å². The van der Waals surface area contributed by atoms with E-state index < -0.39 is 0 Å². The molecule has 0 radical (unpaired) electrons. The molecule has 22 heavy (non-hydrogen) atoms. The summed E-state index contributed by atoms with van der Waals surface area (Å²) in [6, 6.07) is 8.82. The Balaban J connectivity index is 1.89. The van der Waals surface area contributed by atoms with Gasteiger partial charge in [0, 0.05) is 27.9 Å². The lowest BCUT2D eigenvalue weighted by Crippen LogP contribution is -2.21. The topological polar surface area (TPSA) is 54.4 Å². The fourth-order valence-corrected chi connectivity index (χ4v) is 2.84. The number of benzene rings is 1. The first kappa shape index (κ1) is 16.8. The second kappa shape index (κ2) is 8.17. The molecule has 0 atom stereocenters. The third-order valence-electron chi connectivity index (χ3n) is 2.68. The van der Waals surface area contributed by atoms with E-state index in [-0.39, 0.29) is 11.7 Å². The number of amides is 1. The highest BCUT2D eigenvalue weighted by molar-refractivity contribution is 8.00. The van der Waals surface area contributed by atoms with Crippen molar-refractivity contribution in [2.45, 2.75) is 11.8 Å². The van der Waals surface area contributed by atoms with Gasteiger partial charge >= 0.3 is 0 Å². The van der Waals surface area contributed by atoms with Gasteiger partial charge in [-0.2, -0.15) is 5.10 Å². The van der Waals surface area contributed by atoms with Crippen LogP contribution >= 0.6 is 35.0 Å². The van der Waals surface area contributed by atoms with Crippen LogP contribution in [0.5, 0.6) is 0 Å². The van der Waals surface area contributed by atoms with Crippen molar-refractivity contribution in [1.82, 2.24) is 10.4 Å². The van der Waals surface area contributed by atoms with Crippen molar-refractivity contribution in [2.24, 2.45) is 5.10 Å². The van der Waals surface area contributed by atoms with E-state index in [9.17, 15) is 4.79 Å². The molecule has 4 nitrogen and oxygen atoms in total. The molecule has 7 heteroatoms. The van der Waals surface area contributed by atoms with E-state index in [4.69, 9.17) is 23.2 Å². The van der Waals surface area contributed by atoms with Crippen molar-refractivity contribution in [3.63, 3.8) is 0 Å². The molecule has 1 aromatic carbocycles. The number of carbonyl (C=O) groups is 1. The van der Waals surface area contributed by atoms with E-state index in [1.807, 2.05) is 12.1 Å². The highest BCUT2D eigenvalue weighted by Crippen LogP contribution is 2.29. The van der Waals surface area contributed by atoms with Crippen LogP contribution in [0.3, 0.4) is 0 Å². The fourth-order valence-electron chi connectivity index (χ4n) is 1.55. The summed E-state index contributed by atoms with van der Waals surface area (Å²) >= 11 is 13.3. The number of rotatable bonds is 5. The number of pyridine rings is 1. The van der Waals surface area contributed by atoms with Gasteiger partial charge in [0.25, 0.3) is 0 Å². The second-order valence-corrected chi connectivity index (χ2v) is 6.20. The zero-order valence-electron chi connectivity index (χ0n) is 11.7. The van der Waals surface area contributed by atoms with Crippen LogP contribution in [0.15, 0.2) is 52.7 Å². The van der Waals surface area contributed by atoms with E-state index >= 15 is 0 Å². The van der Waals surface area contributed by atoms with Crippen LogP contribution in [0, 0.1) is 0 Å². The molecule has 0 spiro atoms. The molecule has 114 valence electrons. The Hall–Kier alpha value is -1.56. The minimum atomic E-state index is -0.218. The average Bonchev–Trinajstić information content (AvgIpc) is 2.54. The summed E-state index contributed by atoms with van der Waals surface area (Å²) in [5.74, 6) is -0.0200. The minimum absolute atomic E-state index is 0.198. The Morgan fingerprint density at radius 3 is 2.91 bits per heavy atom. The van der Waals surface area contributed by atoms with Gasteiger partial charge in [-0.1, -0.05) is 29.3 Å². The van der Waals surface area contributed by atoms with Gasteiger partial charge in [-0.3, -0.25) is 9.78 Å². The van der Waals surface area contributed by atoms with Gasteiger partial charge in [0.15, 0.2) is 0 Å². The molecule has 0 fully saturated rings. The van der Waals surface area contributed by atoms with E-state index in [0.29, 0.717) is 15.8 Å². The first-order valence-corrected chi connectivity index (χ1v) is 8.12. The fraction of sp³-hybridized carbons (Fsp3) is 0.133. The molecule has 0 aliphatic rings. The summed E-state index contributed by atoms with van der Waals surface area (Å²) in [4.78, 5) is 16.6. The van der Waals surface area contributed by atoms with Gasteiger partial charge in [0.05, 0.1) is 16.5 Å². The lowest BCUT2D eigenvalue weighted by Gasteiger charge is -2.05. The van der Waals surface area contributed by atoms with Gasteiger partial charge in [-0.15, -0.1) is 11.8 Å². The van der Waals surface area contributed by atoms with E-state index in [1.54, 1.807) is 37.5 Å². The van der Waals surface area contributed by atoms with Crippen molar-refractivity contribution in [1.29, 1.82) is 0 Å². The number of thioether (sulfide) groups is 1. The Morgan fingerprint density at radius 1 is 1.36 bits per heavy atom. The maximum absolute atomic E-state index is 11.8. The standard InChI is InChI=1S/C15H13Cl2N3OS/c1-10(11-3-2-6-18-8-11)19-20-15(21)9-22-14-7-12(16)4-5-13(14)17/h2-8H,9H2,1H3,(H,20,21)/b19-10-. The molecule has 2 rings (SSSR count). The van der Waals surface area contributed by atoms with Crippen molar-refractivity contribution in [2.75, 3.05) is 5.75 Å². The molecule has 0 saturated heterocycles. The molecule has 1 amide bonds. The number of hydrazone groups is 1. The number of aromatic nitrogens is 1. The lowest BCUT2D eigenvalue weighted by atomic mass is 10.2. The van der Waals surface area contributed by atoms with Crippen molar-refractivity contribution in [3.8, 4) is 0 Å². The first-order chi connectivity index (χ1) is 10.6. The zero-order chi connectivity index (χ0) is 15.9. The quantitative estimate of drug-likeness (QED) is 0.501. The van der Waals surface area contributed by atoms with Crippen LogP contribution < -0.4 is 5.43 Å². The Bertz CT molecular complexity index is 692. The molecule has 1 aromatic heterocycles. The highest BCUT2D eigenvalue weighted by atomic mass is 35.5. The number of hydrogen-bond donors (Lipinski definition) is 1. The molecule has 0 bridgehead atoms. The molecule has 0 aliphatic heterocycles. The number of hydrogen-bond acceptors (Lipinski definition) is 4. The van der Waals surface area contributed by atoms with Crippen molar-refractivity contribution >= 4 is 46.6 Å². The predicted octanol–water partition coefficient (Wildman–Crippen LogP) is 4.02. The maximum Gasteiger partial charge on any atom is 0.250 e. The van der Waals surface area contributed by atoms with Gasteiger partial charge in [0.1, 0.15) is 0 Å². The molecule has 2 aromatic rings. The summed E-state index contributed by atoms with van der Waals surface area (Å²) in [5, 5.41) is 5.20. The van der Waals surface area contributed by atoms with E-state index in [2.05, 4.69) is 15.5 Å². The molecular weight excluding hydrogens is 341 g/mol. The Morgan fingerprint density at radius 2 is 2.18 bits per heavy atom. The maximum atomic E-state index is 11.8. The van der Waals surface area contributed by atoms with Crippen LogP contribution in [0.25, 0.3) is 0 Å². The predicted molar refractivity (Wildman–Crippen MR) is 91.8 cm³/mol. The summed E-state index contributed by atoms with van der Waals surface area (Å²) in [6.07, 6.45) is 3.37. The van der Waals surface area contributed by atoms with Gasteiger partial charge in [-0.25, -0.2) is 5.43 Å². The average molecular weight is 354 g/mol. The van der Waals surface area contributed by atoms with Crippen LogP contribution in [0.4, 0.5) is 0 Å². The molecule has 0 saturated carbocycles. The zero-order valence-corrected chi connectivity index (χ0v) is 14.0. The number of carbonyl (C=O) groups excluding carboxylic acids is 1. The van der Waals surface area contributed by atoms with Gasteiger partial charge in [0.2, 0.25) is 5.91 Å². The normalized spacial score (nSPS) is 11.3. The lowest BCUT2D eigenvalue weighted by molar-refractivity contribution is -0.118. The summed E-state index contributed by atoms with van der Waals surface area (Å²) < 4.78 is 0. The largest absolute Gasteiger partial charge is 0.272 e. The van der Waals surface area contributed by atoms with E-state index in [0.717, 1.165) is 10.5 Å². The molecule has 0 aliphatic carbocycles. The molecule has 1 N–H and O–H groups in total. The molecule has 0 unspecified atom stereocenters. The minimum Gasteiger partial charge on any atom is -0.272 e. The third kappa shape index (κ3) is 5.02. The summed E-state index contributed by atoms with van der Waals surface area (Å²) in [5.41, 5.74) is 4.05. The van der Waals surface area contributed by atoms with Crippen LogP contribution in [0.2, 0.25) is 10.0 Å². The number of halogens is 2. The van der Waals surface area contributed by atoms with E-state index in [1.165, 1.54) is 11.8 Å². The van der Waals surface area contributed by atoms with Crippen molar-refractivity contribution in [3.05, 3.63) is 58.3 Å². The molecular formula is C15H13Cl2N3OS. The monoisotopic (exact) mass is 353 g/mol. The number of nitrogens with one attached hydrogen (secondary N) is 1. The van der Waals surface area contributed by atoms with Crippen molar-refractivity contribution < 1.29 is 4.79 Å². The number of nitrogens with zero attached hydrogens (tertiary/aromatic N) is 2. The first-order valence-electron chi connectivity index (χ1n) is 6.37. The van der Waals surface area contributed by atoms with Crippen LogP contribution in [-0.2, 0) is 4.79 Å². The van der Waals surface area contributed by atoms with Gasteiger partial charge < -0.3 is 0 Å². The third-order valence-corrected chi connectivity index (χ3v) is 4.41. The van der Waals surface area contributed by atoms with Crippen LogP contribution in [0.1, 0.15) is 12.5 Å². The summed E-state index contributed by atoms with van der Waals surface area (Å²) in [6.45, 7) is 1.80.